The first kappa shape index (κ1) is 18.2. The van der Waals surface area contributed by atoms with Gasteiger partial charge in [0.1, 0.15) is 12.7 Å². The quantitative estimate of drug-likeness (QED) is 0.561. The fourth-order valence-corrected chi connectivity index (χ4v) is 3.05. The minimum absolute atomic E-state index is 0.0177. The summed E-state index contributed by atoms with van der Waals surface area (Å²) in [7, 11) is 3.04. The second kappa shape index (κ2) is 7.34. The summed E-state index contributed by atoms with van der Waals surface area (Å²) in [5.74, 6) is 1.06. The van der Waals surface area contributed by atoms with Crippen LogP contribution in [0.2, 0.25) is 0 Å². The summed E-state index contributed by atoms with van der Waals surface area (Å²) in [4.78, 5) is 30.2. The number of aromatic nitrogens is 4. The molecule has 0 bridgehead atoms. The van der Waals surface area contributed by atoms with Gasteiger partial charge in [-0.25, -0.2) is 9.78 Å². The van der Waals surface area contributed by atoms with Crippen LogP contribution < -0.4 is 20.7 Å². The molecule has 0 aliphatic carbocycles. The fraction of sp³-hybridized carbons (Fsp3) is 0.312. The SMILES string of the molecule is COc1ccccc1OC[C@H](O)Cn1c(Br)nc2c1c(=O)[nH]c(=O)n2C. The molecule has 2 aromatic heterocycles. The Balaban J connectivity index is 1.83. The molecule has 1 atom stereocenters. The van der Waals surface area contributed by atoms with E-state index >= 15 is 0 Å². The van der Waals surface area contributed by atoms with Crippen LogP contribution in [0.25, 0.3) is 11.2 Å². The summed E-state index contributed by atoms with van der Waals surface area (Å²) >= 11 is 3.26. The van der Waals surface area contributed by atoms with Crippen molar-refractivity contribution < 1.29 is 14.6 Å². The van der Waals surface area contributed by atoms with Crippen molar-refractivity contribution in [3.05, 3.63) is 49.8 Å². The normalized spacial score (nSPS) is 12.3. The first-order valence-corrected chi connectivity index (χ1v) is 8.50. The highest BCUT2D eigenvalue weighted by Crippen LogP contribution is 2.26. The average molecular weight is 425 g/mol. The number of hydrogen-bond acceptors (Lipinski definition) is 6. The van der Waals surface area contributed by atoms with Crippen LogP contribution in [0.3, 0.4) is 0 Å². The molecule has 2 heterocycles. The molecule has 26 heavy (non-hydrogen) atoms. The van der Waals surface area contributed by atoms with Gasteiger partial charge in [0, 0.05) is 7.05 Å². The van der Waals surface area contributed by atoms with E-state index in [1.165, 1.54) is 23.3 Å². The number of para-hydroxylation sites is 2. The van der Waals surface area contributed by atoms with E-state index < -0.39 is 17.4 Å². The van der Waals surface area contributed by atoms with Crippen molar-refractivity contribution in [3.8, 4) is 11.5 Å². The first-order chi connectivity index (χ1) is 12.4. The van der Waals surface area contributed by atoms with Crippen LogP contribution in [0.1, 0.15) is 0 Å². The lowest BCUT2D eigenvalue weighted by Gasteiger charge is -2.15. The Morgan fingerprint density at radius 3 is 2.69 bits per heavy atom. The van der Waals surface area contributed by atoms with Crippen LogP contribution in [0.4, 0.5) is 0 Å². The van der Waals surface area contributed by atoms with E-state index in [4.69, 9.17) is 9.47 Å². The molecule has 9 nitrogen and oxygen atoms in total. The Morgan fingerprint density at radius 2 is 2.00 bits per heavy atom. The molecule has 3 rings (SSSR count). The summed E-state index contributed by atoms with van der Waals surface area (Å²) < 4.78 is 13.8. The van der Waals surface area contributed by atoms with Crippen LogP contribution in [0, 0.1) is 0 Å². The van der Waals surface area contributed by atoms with Crippen LogP contribution >= 0.6 is 15.9 Å². The smallest absolute Gasteiger partial charge is 0.329 e. The number of hydrogen-bond donors (Lipinski definition) is 2. The lowest BCUT2D eigenvalue weighted by atomic mass is 10.3. The van der Waals surface area contributed by atoms with E-state index in [1.807, 2.05) is 6.07 Å². The Morgan fingerprint density at radius 1 is 1.31 bits per heavy atom. The van der Waals surface area contributed by atoms with E-state index in [-0.39, 0.29) is 24.3 Å². The molecule has 138 valence electrons. The third-order valence-electron chi connectivity index (χ3n) is 3.85. The number of ether oxygens (including phenoxy) is 2. The van der Waals surface area contributed by atoms with Crippen molar-refractivity contribution in [2.75, 3.05) is 13.7 Å². The molecule has 3 aromatic rings. The van der Waals surface area contributed by atoms with Gasteiger partial charge in [-0.1, -0.05) is 12.1 Å². The number of nitrogens with zero attached hydrogens (tertiary/aromatic N) is 3. The van der Waals surface area contributed by atoms with Gasteiger partial charge in [-0.2, -0.15) is 0 Å². The van der Waals surface area contributed by atoms with Gasteiger partial charge >= 0.3 is 5.69 Å². The van der Waals surface area contributed by atoms with Crippen molar-refractivity contribution in [3.63, 3.8) is 0 Å². The predicted octanol–water partition coefficient (Wildman–Crippen LogP) is 0.634. The molecule has 1 aromatic carbocycles. The predicted molar refractivity (Wildman–Crippen MR) is 97.8 cm³/mol. The Labute approximate surface area is 155 Å². The number of aryl methyl sites for hydroxylation is 1. The molecule has 10 heteroatoms. The highest BCUT2D eigenvalue weighted by atomic mass is 79.9. The number of H-pyrrole nitrogens is 1. The fourth-order valence-electron chi connectivity index (χ4n) is 2.56. The van der Waals surface area contributed by atoms with Gasteiger partial charge in [0.15, 0.2) is 27.4 Å². The maximum Gasteiger partial charge on any atom is 0.329 e. The Kier molecular flexibility index (Phi) is 5.14. The Hall–Kier alpha value is -2.59. The van der Waals surface area contributed by atoms with Crippen LogP contribution in [0.5, 0.6) is 11.5 Å². The molecule has 0 saturated carbocycles. The highest BCUT2D eigenvalue weighted by molar-refractivity contribution is 9.10. The topological polar surface area (TPSA) is 111 Å². The number of nitrogens with one attached hydrogen (secondary N) is 1. The zero-order valence-corrected chi connectivity index (χ0v) is 15.7. The summed E-state index contributed by atoms with van der Waals surface area (Å²) in [6.45, 7) is 0.0314. The molecule has 0 fully saturated rings. The minimum Gasteiger partial charge on any atom is -0.493 e. The summed E-state index contributed by atoms with van der Waals surface area (Å²) in [6, 6.07) is 7.09. The van der Waals surface area contributed by atoms with Gasteiger partial charge in [-0.15, -0.1) is 0 Å². The number of rotatable bonds is 6. The maximum atomic E-state index is 12.2. The van der Waals surface area contributed by atoms with Gasteiger partial charge in [0.25, 0.3) is 5.56 Å². The molecule has 0 unspecified atom stereocenters. The molecule has 0 aliphatic rings. The second-order valence-electron chi connectivity index (χ2n) is 5.60. The monoisotopic (exact) mass is 424 g/mol. The summed E-state index contributed by atoms with van der Waals surface area (Å²) in [5.41, 5.74) is -0.711. The summed E-state index contributed by atoms with van der Waals surface area (Å²) in [5, 5.41) is 10.3. The van der Waals surface area contributed by atoms with Crippen LogP contribution in [0.15, 0.2) is 38.6 Å². The largest absolute Gasteiger partial charge is 0.493 e. The standard InChI is InChI=1S/C16H17BrN4O5/c1-20-13-12(14(23)19-16(20)24)21(15(17)18-13)7-9(22)8-26-11-6-4-3-5-10(11)25-2/h3-6,9,22H,7-8H2,1-2H3,(H,19,23,24)/t9-/m1/s1. The highest BCUT2D eigenvalue weighted by Gasteiger charge is 2.18. The zero-order valence-electron chi connectivity index (χ0n) is 14.1. The molecule has 0 saturated heterocycles. The number of aromatic amines is 1. The second-order valence-corrected chi connectivity index (χ2v) is 6.31. The summed E-state index contributed by atoms with van der Waals surface area (Å²) in [6.07, 6.45) is -0.926. The van der Waals surface area contributed by atoms with Crippen molar-refractivity contribution in [2.45, 2.75) is 12.6 Å². The number of imidazole rings is 1. The molecule has 0 radical (unpaired) electrons. The molecular weight excluding hydrogens is 408 g/mol. The number of methoxy groups -OCH3 is 1. The van der Waals surface area contributed by atoms with E-state index in [0.717, 1.165) is 0 Å². The lowest BCUT2D eigenvalue weighted by Crippen LogP contribution is -2.30. The zero-order chi connectivity index (χ0) is 18.8. The van der Waals surface area contributed by atoms with Gasteiger partial charge in [-0.3, -0.25) is 14.3 Å². The third-order valence-corrected chi connectivity index (χ3v) is 4.46. The van der Waals surface area contributed by atoms with Crippen LogP contribution in [-0.4, -0.2) is 44.0 Å². The maximum absolute atomic E-state index is 12.2. The van der Waals surface area contributed by atoms with Crippen molar-refractivity contribution in [1.29, 1.82) is 0 Å². The molecule has 0 amide bonds. The minimum atomic E-state index is -0.926. The van der Waals surface area contributed by atoms with Crippen LogP contribution in [-0.2, 0) is 13.6 Å². The van der Waals surface area contributed by atoms with Crippen molar-refractivity contribution in [2.24, 2.45) is 7.05 Å². The van der Waals surface area contributed by atoms with Gasteiger partial charge in [0.05, 0.1) is 13.7 Å². The van der Waals surface area contributed by atoms with Crippen molar-refractivity contribution in [1.82, 2.24) is 19.1 Å². The molecule has 0 spiro atoms. The number of fused-ring (bicyclic) bond motifs is 1. The number of aliphatic hydroxyl groups is 1. The average Bonchev–Trinajstić information content (AvgIpc) is 2.95. The first-order valence-electron chi connectivity index (χ1n) is 7.71. The van der Waals surface area contributed by atoms with Gasteiger partial charge in [-0.05, 0) is 28.1 Å². The number of halogens is 1. The van der Waals surface area contributed by atoms with E-state index in [0.29, 0.717) is 16.2 Å². The molecule has 0 aliphatic heterocycles. The number of aliphatic hydroxyl groups excluding tert-OH is 1. The lowest BCUT2D eigenvalue weighted by molar-refractivity contribution is 0.0913. The van der Waals surface area contributed by atoms with E-state index in [9.17, 15) is 14.7 Å². The van der Waals surface area contributed by atoms with Gasteiger partial charge in [0.2, 0.25) is 0 Å². The third kappa shape index (κ3) is 3.37. The Bertz CT molecular complexity index is 1050. The van der Waals surface area contributed by atoms with Crippen molar-refractivity contribution >= 4 is 27.1 Å². The number of benzene rings is 1. The van der Waals surface area contributed by atoms with E-state index in [2.05, 4.69) is 25.9 Å². The molecule has 2 N–H and O–H groups in total. The van der Waals surface area contributed by atoms with E-state index in [1.54, 1.807) is 18.2 Å². The van der Waals surface area contributed by atoms with Gasteiger partial charge < -0.3 is 19.1 Å². The molecular formula is C16H17BrN4O5.